The SMILES string of the molecule is COC1(C(=O)N2CCC(C(F)(F)F)(C(F)(F)F)C2)CCNCC1. The molecule has 2 rings (SSSR count). The van der Waals surface area contributed by atoms with E-state index in [-0.39, 0.29) is 12.8 Å². The average Bonchev–Trinajstić information content (AvgIpc) is 2.93. The maximum Gasteiger partial charge on any atom is 0.404 e. The third-order valence-electron chi connectivity index (χ3n) is 4.83. The molecule has 0 atom stereocenters. The van der Waals surface area contributed by atoms with Gasteiger partial charge in [0.15, 0.2) is 5.41 Å². The first-order chi connectivity index (χ1) is 10.5. The van der Waals surface area contributed by atoms with Crippen molar-refractivity contribution >= 4 is 5.91 Å². The summed E-state index contributed by atoms with van der Waals surface area (Å²) in [6, 6.07) is 0. The van der Waals surface area contributed by atoms with E-state index < -0.39 is 48.8 Å². The molecule has 1 N–H and O–H groups in total. The zero-order valence-electron chi connectivity index (χ0n) is 12.5. The largest absolute Gasteiger partial charge is 0.404 e. The van der Waals surface area contributed by atoms with Crippen molar-refractivity contribution in [3.05, 3.63) is 0 Å². The van der Waals surface area contributed by atoms with Crippen molar-refractivity contribution in [2.24, 2.45) is 5.41 Å². The van der Waals surface area contributed by atoms with Crippen LogP contribution in [0.4, 0.5) is 26.3 Å². The Hall–Kier alpha value is -1.03. The number of methoxy groups -OCH3 is 1. The second kappa shape index (κ2) is 5.80. The van der Waals surface area contributed by atoms with Gasteiger partial charge in [-0.1, -0.05) is 0 Å². The summed E-state index contributed by atoms with van der Waals surface area (Å²) in [4.78, 5) is 13.2. The molecular formula is C13H18F6N2O2. The van der Waals surface area contributed by atoms with E-state index in [0.29, 0.717) is 18.0 Å². The van der Waals surface area contributed by atoms with Crippen molar-refractivity contribution in [1.29, 1.82) is 0 Å². The molecule has 2 saturated heterocycles. The molecule has 134 valence electrons. The number of nitrogens with zero attached hydrogens (tertiary/aromatic N) is 1. The van der Waals surface area contributed by atoms with Gasteiger partial charge in [0.05, 0.1) is 0 Å². The summed E-state index contributed by atoms with van der Waals surface area (Å²) < 4.78 is 83.6. The summed E-state index contributed by atoms with van der Waals surface area (Å²) in [5.41, 5.74) is -5.21. The third-order valence-corrected chi connectivity index (χ3v) is 4.83. The average molecular weight is 348 g/mol. The number of carbonyl (C=O) groups excluding carboxylic acids is 1. The van der Waals surface area contributed by atoms with Crippen LogP contribution in [-0.4, -0.2) is 62.0 Å². The highest BCUT2D eigenvalue weighted by Gasteiger charge is 2.73. The van der Waals surface area contributed by atoms with Gasteiger partial charge in [0.25, 0.3) is 5.91 Å². The summed E-state index contributed by atoms with van der Waals surface area (Å²) in [6.07, 6.45) is -11.7. The third kappa shape index (κ3) is 2.90. The smallest absolute Gasteiger partial charge is 0.368 e. The predicted octanol–water partition coefficient (Wildman–Crippen LogP) is 2.10. The first-order valence-electron chi connectivity index (χ1n) is 7.18. The van der Waals surface area contributed by atoms with Gasteiger partial charge in [0.1, 0.15) is 5.60 Å². The molecule has 0 aliphatic carbocycles. The summed E-state index contributed by atoms with van der Waals surface area (Å²) in [7, 11) is 1.25. The second-order valence-corrected chi connectivity index (χ2v) is 6.00. The molecule has 0 unspecified atom stereocenters. The van der Waals surface area contributed by atoms with Crippen LogP contribution in [0.15, 0.2) is 0 Å². The predicted molar refractivity (Wildman–Crippen MR) is 67.6 cm³/mol. The Morgan fingerprint density at radius 1 is 1.04 bits per heavy atom. The van der Waals surface area contributed by atoms with Crippen LogP contribution in [0, 0.1) is 5.41 Å². The quantitative estimate of drug-likeness (QED) is 0.777. The first kappa shape index (κ1) is 18.3. The number of halogens is 6. The Labute approximate surface area is 129 Å². The molecule has 0 aromatic rings. The van der Waals surface area contributed by atoms with Crippen LogP contribution in [0.25, 0.3) is 0 Å². The van der Waals surface area contributed by atoms with E-state index in [0.717, 1.165) is 0 Å². The highest BCUT2D eigenvalue weighted by molar-refractivity contribution is 5.86. The maximum atomic E-state index is 13.1. The molecule has 2 fully saturated rings. The number of ether oxygens (including phenoxy) is 1. The van der Waals surface area contributed by atoms with E-state index in [9.17, 15) is 31.1 Å². The van der Waals surface area contributed by atoms with E-state index in [1.807, 2.05) is 0 Å². The fourth-order valence-corrected chi connectivity index (χ4v) is 3.23. The minimum absolute atomic E-state index is 0.212. The number of amides is 1. The molecular weight excluding hydrogens is 330 g/mol. The number of nitrogens with one attached hydrogen (secondary N) is 1. The molecule has 4 nitrogen and oxygen atoms in total. The lowest BCUT2D eigenvalue weighted by Gasteiger charge is -2.39. The van der Waals surface area contributed by atoms with Crippen molar-refractivity contribution in [1.82, 2.24) is 10.2 Å². The number of alkyl halides is 6. The number of piperidine rings is 1. The van der Waals surface area contributed by atoms with Crippen molar-refractivity contribution in [3.8, 4) is 0 Å². The molecule has 0 spiro atoms. The standard InChI is InChI=1S/C13H18F6N2O2/c1-23-10(2-5-20-6-3-10)9(22)21-7-4-11(8-21,12(14,15)16)13(17,18)19/h20H,2-8H2,1H3. The van der Waals surface area contributed by atoms with E-state index in [1.165, 1.54) is 7.11 Å². The van der Waals surface area contributed by atoms with Gasteiger partial charge in [-0.3, -0.25) is 4.79 Å². The van der Waals surface area contributed by atoms with E-state index in [2.05, 4.69) is 5.32 Å². The first-order valence-corrected chi connectivity index (χ1v) is 7.18. The summed E-state index contributed by atoms with van der Waals surface area (Å²) in [6.45, 7) is -1.16. The Morgan fingerprint density at radius 2 is 1.57 bits per heavy atom. The highest BCUT2D eigenvalue weighted by atomic mass is 19.4. The van der Waals surface area contributed by atoms with Gasteiger partial charge in [0.2, 0.25) is 0 Å². The molecule has 0 bridgehead atoms. The number of hydrogen-bond acceptors (Lipinski definition) is 3. The molecule has 0 radical (unpaired) electrons. The van der Waals surface area contributed by atoms with Gasteiger partial charge in [-0.15, -0.1) is 0 Å². The van der Waals surface area contributed by atoms with Crippen LogP contribution in [-0.2, 0) is 9.53 Å². The molecule has 2 aliphatic heterocycles. The van der Waals surface area contributed by atoms with Crippen LogP contribution in [0.3, 0.4) is 0 Å². The van der Waals surface area contributed by atoms with Crippen LogP contribution in [0.2, 0.25) is 0 Å². The zero-order chi connectivity index (χ0) is 17.5. The Balaban J connectivity index is 2.25. The lowest BCUT2D eigenvalue weighted by atomic mass is 9.85. The normalized spacial score (nSPS) is 24.7. The zero-order valence-corrected chi connectivity index (χ0v) is 12.5. The van der Waals surface area contributed by atoms with Gasteiger partial charge >= 0.3 is 12.4 Å². The molecule has 0 aromatic heterocycles. The van der Waals surface area contributed by atoms with Gasteiger partial charge in [-0.25, -0.2) is 0 Å². The lowest BCUT2D eigenvalue weighted by Crippen LogP contribution is -2.57. The van der Waals surface area contributed by atoms with E-state index >= 15 is 0 Å². The fourth-order valence-electron chi connectivity index (χ4n) is 3.23. The molecule has 2 heterocycles. The molecule has 2 aliphatic rings. The van der Waals surface area contributed by atoms with Gasteiger partial charge in [-0.05, 0) is 32.4 Å². The Morgan fingerprint density at radius 3 is 1.96 bits per heavy atom. The van der Waals surface area contributed by atoms with Crippen molar-refractivity contribution in [2.75, 3.05) is 33.3 Å². The number of hydrogen-bond donors (Lipinski definition) is 1. The second-order valence-electron chi connectivity index (χ2n) is 6.00. The summed E-state index contributed by atoms with van der Waals surface area (Å²) in [5.74, 6) is -0.795. The number of likely N-dealkylation sites (tertiary alicyclic amines) is 1. The van der Waals surface area contributed by atoms with Gasteiger partial charge in [0, 0.05) is 20.2 Å². The van der Waals surface area contributed by atoms with Crippen molar-refractivity contribution in [3.63, 3.8) is 0 Å². The summed E-state index contributed by atoms with van der Waals surface area (Å²) in [5, 5.41) is 2.97. The van der Waals surface area contributed by atoms with E-state index in [1.54, 1.807) is 0 Å². The molecule has 10 heteroatoms. The lowest BCUT2D eigenvalue weighted by molar-refractivity contribution is -0.335. The van der Waals surface area contributed by atoms with Crippen molar-refractivity contribution in [2.45, 2.75) is 37.2 Å². The molecule has 0 aromatic carbocycles. The number of carbonyl (C=O) groups is 1. The highest BCUT2D eigenvalue weighted by Crippen LogP contribution is 2.55. The summed E-state index contributed by atoms with van der Waals surface area (Å²) >= 11 is 0. The monoisotopic (exact) mass is 348 g/mol. The number of rotatable bonds is 2. The molecule has 1 amide bonds. The Bertz CT molecular complexity index is 442. The topological polar surface area (TPSA) is 41.6 Å². The van der Waals surface area contributed by atoms with Crippen LogP contribution in [0.5, 0.6) is 0 Å². The molecule has 0 saturated carbocycles. The minimum atomic E-state index is -5.46. The van der Waals surface area contributed by atoms with Gasteiger partial charge < -0.3 is 15.0 Å². The Kier molecular flexibility index (Phi) is 4.62. The van der Waals surface area contributed by atoms with Crippen molar-refractivity contribution < 1.29 is 35.9 Å². The molecule has 23 heavy (non-hydrogen) atoms. The van der Waals surface area contributed by atoms with Gasteiger partial charge in [-0.2, -0.15) is 26.3 Å². The maximum absolute atomic E-state index is 13.1. The van der Waals surface area contributed by atoms with E-state index in [4.69, 9.17) is 4.74 Å². The minimum Gasteiger partial charge on any atom is -0.368 e. The van der Waals surface area contributed by atoms with Crippen LogP contribution in [0.1, 0.15) is 19.3 Å². The fraction of sp³-hybridized carbons (Fsp3) is 0.923. The van der Waals surface area contributed by atoms with Crippen LogP contribution >= 0.6 is 0 Å². The van der Waals surface area contributed by atoms with Crippen LogP contribution < -0.4 is 5.32 Å².